The van der Waals surface area contributed by atoms with E-state index in [9.17, 15) is 5.11 Å². The summed E-state index contributed by atoms with van der Waals surface area (Å²) in [5, 5.41) is 16.3. The maximum absolute atomic E-state index is 9.53. The number of nitrogens with one attached hydrogen (secondary N) is 2. The number of hydrogen-bond donors (Lipinski definition) is 3. The third-order valence-electron chi connectivity index (χ3n) is 4.00. The summed E-state index contributed by atoms with van der Waals surface area (Å²) >= 11 is 0. The molecule has 1 aromatic rings. The Hall–Kier alpha value is -1.36. The average molecular weight is 278 g/mol. The van der Waals surface area contributed by atoms with E-state index < -0.39 is 0 Å². The van der Waals surface area contributed by atoms with Gasteiger partial charge in [-0.15, -0.1) is 0 Å². The first-order chi connectivity index (χ1) is 9.70. The minimum atomic E-state index is -0.0862. The van der Waals surface area contributed by atoms with Gasteiger partial charge in [-0.1, -0.05) is 6.92 Å². The minimum Gasteiger partial charge on any atom is -0.393 e. The van der Waals surface area contributed by atoms with Crippen molar-refractivity contribution >= 4 is 11.6 Å². The SMILES string of the molecule is CCCNc1ncnc(NCC2CCC(O)CC2)c1C. The zero-order valence-corrected chi connectivity index (χ0v) is 12.5. The summed E-state index contributed by atoms with van der Waals surface area (Å²) < 4.78 is 0. The van der Waals surface area contributed by atoms with Crippen molar-refractivity contribution in [1.29, 1.82) is 0 Å². The van der Waals surface area contributed by atoms with Crippen LogP contribution < -0.4 is 10.6 Å². The molecule has 0 aromatic carbocycles. The highest BCUT2D eigenvalue weighted by Gasteiger charge is 2.19. The van der Waals surface area contributed by atoms with Crippen molar-refractivity contribution < 1.29 is 5.11 Å². The van der Waals surface area contributed by atoms with Crippen molar-refractivity contribution in [3.63, 3.8) is 0 Å². The Bertz CT molecular complexity index is 416. The van der Waals surface area contributed by atoms with Crippen LogP contribution in [-0.2, 0) is 0 Å². The van der Waals surface area contributed by atoms with E-state index >= 15 is 0 Å². The van der Waals surface area contributed by atoms with Gasteiger partial charge in [-0.05, 0) is 44.9 Å². The average Bonchev–Trinajstić information content (AvgIpc) is 2.47. The summed E-state index contributed by atoms with van der Waals surface area (Å²) in [5.74, 6) is 2.48. The Morgan fingerprint density at radius 3 is 2.45 bits per heavy atom. The molecule has 1 aromatic heterocycles. The third-order valence-corrected chi connectivity index (χ3v) is 4.00. The molecule has 3 N–H and O–H groups in total. The molecule has 1 saturated carbocycles. The van der Waals surface area contributed by atoms with E-state index in [0.29, 0.717) is 5.92 Å². The second kappa shape index (κ2) is 7.43. The van der Waals surface area contributed by atoms with Crippen LogP contribution in [0.2, 0.25) is 0 Å². The molecule has 0 radical (unpaired) electrons. The van der Waals surface area contributed by atoms with Crippen LogP contribution in [-0.4, -0.2) is 34.3 Å². The van der Waals surface area contributed by atoms with Crippen LogP contribution in [0.1, 0.15) is 44.6 Å². The van der Waals surface area contributed by atoms with Crippen molar-refractivity contribution in [2.24, 2.45) is 5.92 Å². The molecule has 0 saturated heterocycles. The number of aliphatic hydroxyl groups excluding tert-OH is 1. The topological polar surface area (TPSA) is 70.1 Å². The Morgan fingerprint density at radius 1 is 1.15 bits per heavy atom. The number of hydrogen-bond acceptors (Lipinski definition) is 5. The molecule has 1 heterocycles. The van der Waals surface area contributed by atoms with Crippen LogP contribution in [0.25, 0.3) is 0 Å². The van der Waals surface area contributed by atoms with Gasteiger partial charge in [-0.25, -0.2) is 9.97 Å². The highest BCUT2D eigenvalue weighted by atomic mass is 16.3. The van der Waals surface area contributed by atoms with Crippen LogP contribution >= 0.6 is 0 Å². The normalized spacial score (nSPS) is 22.6. The molecular formula is C15H26N4O. The molecule has 5 nitrogen and oxygen atoms in total. The first kappa shape index (κ1) is 15.0. The molecule has 0 spiro atoms. The van der Waals surface area contributed by atoms with Crippen molar-refractivity contribution in [3.8, 4) is 0 Å². The van der Waals surface area contributed by atoms with E-state index in [2.05, 4.69) is 27.5 Å². The van der Waals surface area contributed by atoms with Gasteiger partial charge < -0.3 is 15.7 Å². The second-order valence-electron chi connectivity index (χ2n) is 5.68. The molecule has 112 valence electrons. The zero-order chi connectivity index (χ0) is 14.4. The monoisotopic (exact) mass is 278 g/mol. The molecule has 0 bridgehead atoms. The highest BCUT2D eigenvalue weighted by molar-refractivity contribution is 5.56. The molecule has 0 aliphatic heterocycles. The van der Waals surface area contributed by atoms with Crippen molar-refractivity contribution in [3.05, 3.63) is 11.9 Å². The Kier molecular flexibility index (Phi) is 5.59. The highest BCUT2D eigenvalue weighted by Crippen LogP contribution is 2.25. The van der Waals surface area contributed by atoms with Crippen LogP contribution in [0.4, 0.5) is 11.6 Å². The largest absolute Gasteiger partial charge is 0.393 e. The predicted molar refractivity (Wildman–Crippen MR) is 82.0 cm³/mol. The van der Waals surface area contributed by atoms with E-state index in [1.165, 1.54) is 0 Å². The predicted octanol–water partition coefficient (Wildman–Crippen LogP) is 2.57. The Balaban J connectivity index is 1.89. The molecule has 2 rings (SSSR count). The van der Waals surface area contributed by atoms with E-state index in [-0.39, 0.29) is 6.10 Å². The fourth-order valence-corrected chi connectivity index (χ4v) is 2.64. The van der Waals surface area contributed by atoms with Crippen molar-refractivity contribution in [1.82, 2.24) is 9.97 Å². The summed E-state index contributed by atoms with van der Waals surface area (Å²) in [7, 11) is 0. The first-order valence-corrected chi connectivity index (χ1v) is 7.68. The molecular weight excluding hydrogens is 252 g/mol. The molecule has 20 heavy (non-hydrogen) atoms. The van der Waals surface area contributed by atoms with Gasteiger partial charge in [0, 0.05) is 18.7 Å². The smallest absolute Gasteiger partial charge is 0.134 e. The zero-order valence-electron chi connectivity index (χ0n) is 12.5. The fraction of sp³-hybridized carbons (Fsp3) is 0.733. The molecule has 1 aliphatic rings. The number of rotatable bonds is 6. The first-order valence-electron chi connectivity index (χ1n) is 7.68. The maximum atomic E-state index is 9.53. The third kappa shape index (κ3) is 4.07. The summed E-state index contributed by atoms with van der Waals surface area (Å²) in [6.07, 6.45) is 6.65. The molecule has 1 aliphatic carbocycles. The van der Waals surface area contributed by atoms with Gasteiger partial charge in [0.25, 0.3) is 0 Å². The number of aromatic nitrogens is 2. The fourth-order valence-electron chi connectivity index (χ4n) is 2.64. The summed E-state index contributed by atoms with van der Waals surface area (Å²) in [6, 6.07) is 0. The van der Waals surface area contributed by atoms with Gasteiger partial charge in [0.15, 0.2) is 0 Å². The van der Waals surface area contributed by atoms with Gasteiger partial charge in [-0.2, -0.15) is 0 Å². The molecule has 1 fully saturated rings. The summed E-state index contributed by atoms with van der Waals surface area (Å²) in [4.78, 5) is 8.62. The van der Waals surface area contributed by atoms with Gasteiger partial charge in [0.05, 0.1) is 6.10 Å². The maximum Gasteiger partial charge on any atom is 0.134 e. The van der Waals surface area contributed by atoms with Crippen molar-refractivity contribution in [2.75, 3.05) is 23.7 Å². The Labute approximate surface area is 121 Å². The Morgan fingerprint density at radius 2 is 1.80 bits per heavy atom. The molecule has 5 heteroatoms. The summed E-state index contributed by atoms with van der Waals surface area (Å²) in [5.41, 5.74) is 1.08. The quantitative estimate of drug-likeness (QED) is 0.746. The standard InChI is InChI=1S/C15H26N4O/c1-3-8-16-14-11(2)15(19-10-18-14)17-9-12-4-6-13(20)7-5-12/h10,12-13,20H,3-9H2,1-2H3,(H2,16,17,18,19). The second-order valence-corrected chi connectivity index (χ2v) is 5.68. The van der Waals surface area contributed by atoms with E-state index in [4.69, 9.17) is 0 Å². The lowest BCUT2D eigenvalue weighted by atomic mass is 9.87. The number of nitrogens with zero attached hydrogens (tertiary/aromatic N) is 2. The minimum absolute atomic E-state index is 0.0862. The molecule has 0 unspecified atom stereocenters. The number of anilines is 2. The lowest BCUT2D eigenvalue weighted by Crippen LogP contribution is -2.24. The van der Waals surface area contributed by atoms with Gasteiger partial charge >= 0.3 is 0 Å². The van der Waals surface area contributed by atoms with E-state index in [1.807, 2.05) is 6.92 Å². The number of aliphatic hydroxyl groups is 1. The van der Waals surface area contributed by atoms with Gasteiger partial charge in [-0.3, -0.25) is 0 Å². The van der Waals surface area contributed by atoms with Gasteiger partial charge in [0.2, 0.25) is 0 Å². The summed E-state index contributed by atoms with van der Waals surface area (Å²) in [6.45, 7) is 6.04. The van der Waals surface area contributed by atoms with Crippen LogP contribution in [0.5, 0.6) is 0 Å². The van der Waals surface area contributed by atoms with Crippen molar-refractivity contribution in [2.45, 2.75) is 52.1 Å². The lowest BCUT2D eigenvalue weighted by Gasteiger charge is -2.26. The van der Waals surface area contributed by atoms with Crippen LogP contribution in [0.3, 0.4) is 0 Å². The van der Waals surface area contributed by atoms with Crippen LogP contribution in [0.15, 0.2) is 6.33 Å². The van der Waals surface area contributed by atoms with E-state index in [1.54, 1.807) is 6.33 Å². The molecule has 0 atom stereocenters. The van der Waals surface area contributed by atoms with E-state index in [0.717, 1.165) is 62.4 Å². The molecule has 0 amide bonds. The lowest BCUT2D eigenvalue weighted by molar-refractivity contribution is 0.111. The van der Waals surface area contributed by atoms with Crippen LogP contribution in [0, 0.1) is 12.8 Å². The van der Waals surface area contributed by atoms with Gasteiger partial charge in [0.1, 0.15) is 18.0 Å².